The highest BCUT2D eigenvalue weighted by atomic mass is 16.5. The van der Waals surface area contributed by atoms with Crippen LogP contribution in [0.1, 0.15) is 37.7 Å². The van der Waals surface area contributed by atoms with E-state index in [1.165, 1.54) is 48.8 Å². The summed E-state index contributed by atoms with van der Waals surface area (Å²) in [4.78, 5) is 3.16. The molecule has 2 nitrogen and oxygen atoms in total. The Balaban J connectivity index is 1.39. The van der Waals surface area contributed by atoms with E-state index in [0.717, 1.165) is 35.8 Å². The van der Waals surface area contributed by atoms with Crippen LogP contribution in [-0.2, 0) is 6.42 Å². The Kier molecular flexibility index (Phi) is 2.33. The van der Waals surface area contributed by atoms with Gasteiger partial charge in [-0.2, -0.15) is 0 Å². The van der Waals surface area contributed by atoms with Gasteiger partial charge in [0.2, 0.25) is 0 Å². The van der Waals surface area contributed by atoms with E-state index in [2.05, 4.69) is 35.4 Å². The van der Waals surface area contributed by atoms with Crippen molar-refractivity contribution in [3.05, 3.63) is 42.2 Å². The minimum absolute atomic E-state index is 0.145. The molecule has 7 rings (SSSR count). The molecule has 23 heavy (non-hydrogen) atoms. The summed E-state index contributed by atoms with van der Waals surface area (Å²) in [6.07, 6.45) is 12.4. The molecule has 2 heteroatoms. The first kappa shape index (κ1) is 12.7. The van der Waals surface area contributed by atoms with Gasteiger partial charge in [0.05, 0.1) is 0 Å². The van der Waals surface area contributed by atoms with E-state index < -0.39 is 0 Å². The van der Waals surface area contributed by atoms with Crippen LogP contribution in [0.4, 0.5) is 0 Å². The SMILES string of the molecule is c1cc(-c2ccc3c(c2)CC2(O3)C3CC4CC(C3)CC2C4)c[nH]1. The lowest BCUT2D eigenvalue weighted by Gasteiger charge is -2.59. The van der Waals surface area contributed by atoms with Crippen molar-refractivity contribution >= 4 is 0 Å². The standard InChI is InChI=1S/C21H23NO/c1-2-20-17(10-15(1)16-3-4-22-12-16)11-21(23-20)18-6-13-5-14(8-18)9-19(21)7-13/h1-4,10,12-14,18-19,22H,5-9,11H2. The van der Waals surface area contributed by atoms with Gasteiger partial charge >= 0.3 is 0 Å². The zero-order valence-corrected chi connectivity index (χ0v) is 13.4. The predicted molar refractivity (Wildman–Crippen MR) is 90.3 cm³/mol. The largest absolute Gasteiger partial charge is 0.486 e. The van der Waals surface area contributed by atoms with Crippen molar-refractivity contribution in [2.75, 3.05) is 0 Å². The quantitative estimate of drug-likeness (QED) is 0.803. The molecule has 1 aromatic carbocycles. The van der Waals surface area contributed by atoms with Crippen molar-refractivity contribution in [2.45, 2.75) is 44.1 Å². The summed E-state index contributed by atoms with van der Waals surface area (Å²) in [5, 5.41) is 0. The van der Waals surface area contributed by atoms with Crippen LogP contribution in [0.5, 0.6) is 5.75 Å². The number of fused-ring (bicyclic) bond motifs is 1. The molecule has 4 bridgehead atoms. The maximum atomic E-state index is 6.74. The van der Waals surface area contributed by atoms with Crippen LogP contribution >= 0.6 is 0 Å². The number of aromatic nitrogens is 1. The first-order chi connectivity index (χ1) is 11.3. The highest BCUT2D eigenvalue weighted by Gasteiger charge is 2.60. The second-order valence-corrected chi connectivity index (χ2v) is 8.46. The third-order valence-corrected chi connectivity index (χ3v) is 7.28. The number of aromatic amines is 1. The first-order valence-corrected chi connectivity index (χ1v) is 9.25. The molecule has 1 spiro atoms. The van der Waals surface area contributed by atoms with Gasteiger partial charge in [-0.1, -0.05) is 6.07 Å². The van der Waals surface area contributed by atoms with Crippen molar-refractivity contribution < 1.29 is 4.74 Å². The molecule has 2 aromatic rings. The average molecular weight is 305 g/mol. The van der Waals surface area contributed by atoms with Crippen molar-refractivity contribution in [1.82, 2.24) is 4.98 Å². The lowest BCUT2D eigenvalue weighted by Crippen LogP contribution is -2.60. The molecular weight excluding hydrogens is 282 g/mol. The molecule has 2 heterocycles. The van der Waals surface area contributed by atoms with Gasteiger partial charge in [0.1, 0.15) is 11.4 Å². The zero-order chi connectivity index (χ0) is 15.0. The van der Waals surface area contributed by atoms with Crippen LogP contribution in [0.25, 0.3) is 11.1 Å². The van der Waals surface area contributed by atoms with Crippen LogP contribution in [0.15, 0.2) is 36.7 Å². The average Bonchev–Trinajstić information content (AvgIpc) is 3.19. The molecule has 1 aromatic heterocycles. The van der Waals surface area contributed by atoms with Crippen molar-refractivity contribution in [3.8, 4) is 16.9 Å². The van der Waals surface area contributed by atoms with Gasteiger partial charge in [0.25, 0.3) is 0 Å². The fourth-order valence-electron chi connectivity index (χ4n) is 6.48. The van der Waals surface area contributed by atoms with Gasteiger partial charge in [0.15, 0.2) is 0 Å². The van der Waals surface area contributed by atoms with Crippen LogP contribution in [0.2, 0.25) is 0 Å². The molecule has 0 radical (unpaired) electrons. The number of H-pyrrole nitrogens is 1. The molecule has 0 unspecified atom stereocenters. The first-order valence-electron chi connectivity index (χ1n) is 9.25. The predicted octanol–water partition coefficient (Wildman–Crippen LogP) is 4.81. The summed E-state index contributed by atoms with van der Waals surface area (Å²) in [6.45, 7) is 0. The van der Waals surface area contributed by atoms with Gasteiger partial charge in [-0.3, -0.25) is 0 Å². The van der Waals surface area contributed by atoms with Crippen molar-refractivity contribution in [3.63, 3.8) is 0 Å². The van der Waals surface area contributed by atoms with E-state index in [-0.39, 0.29) is 5.60 Å². The molecule has 4 fully saturated rings. The molecule has 0 saturated heterocycles. The van der Waals surface area contributed by atoms with Gasteiger partial charge < -0.3 is 9.72 Å². The van der Waals surface area contributed by atoms with E-state index in [1.807, 2.05) is 6.20 Å². The van der Waals surface area contributed by atoms with Gasteiger partial charge in [-0.25, -0.2) is 0 Å². The van der Waals surface area contributed by atoms with Crippen LogP contribution in [-0.4, -0.2) is 10.6 Å². The van der Waals surface area contributed by atoms with Gasteiger partial charge in [0, 0.05) is 18.8 Å². The minimum atomic E-state index is 0.145. The van der Waals surface area contributed by atoms with E-state index in [0.29, 0.717) is 0 Å². The Morgan fingerprint density at radius 3 is 2.39 bits per heavy atom. The van der Waals surface area contributed by atoms with Crippen molar-refractivity contribution in [2.24, 2.45) is 23.7 Å². The third kappa shape index (κ3) is 1.64. The summed E-state index contributed by atoms with van der Waals surface area (Å²) in [7, 11) is 0. The molecule has 4 saturated carbocycles. The Bertz CT molecular complexity index is 732. The summed E-state index contributed by atoms with van der Waals surface area (Å²) in [5.74, 6) is 4.79. The molecule has 0 atom stereocenters. The number of benzene rings is 1. The van der Waals surface area contributed by atoms with E-state index in [9.17, 15) is 0 Å². The molecule has 4 aliphatic carbocycles. The number of rotatable bonds is 1. The fraction of sp³-hybridized carbons (Fsp3) is 0.524. The topological polar surface area (TPSA) is 25.0 Å². The normalized spacial score (nSPS) is 39.7. The highest BCUT2D eigenvalue weighted by molar-refractivity contribution is 5.65. The number of hydrogen-bond donors (Lipinski definition) is 1. The second-order valence-electron chi connectivity index (χ2n) is 8.46. The highest BCUT2D eigenvalue weighted by Crippen LogP contribution is 2.62. The minimum Gasteiger partial charge on any atom is -0.486 e. The van der Waals surface area contributed by atoms with Gasteiger partial charge in [-0.05, 0) is 90.7 Å². The lowest BCUT2D eigenvalue weighted by atomic mass is 9.49. The smallest absolute Gasteiger partial charge is 0.123 e. The second kappa shape index (κ2) is 4.23. The van der Waals surface area contributed by atoms with Crippen LogP contribution < -0.4 is 4.74 Å². The Hall–Kier alpha value is -1.70. The number of nitrogens with one attached hydrogen (secondary N) is 1. The maximum absolute atomic E-state index is 6.74. The molecule has 0 amide bonds. The summed E-state index contributed by atoms with van der Waals surface area (Å²) in [6, 6.07) is 8.96. The monoisotopic (exact) mass is 305 g/mol. The summed E-state index contributed by atoms with van der Waals surface area (Å²) < 4.78 is 6.74. The maximum Gasteiger partial charge on any atom is 0.123 e. The fourth-order valence-corrected chi connectivity index (χ4v) is 6.48. The van der Waals surface area contributed by atoms with E-state index >= 15 is 0 Å². The van der Waals surface area contributed by atoms with Gasteiger partial charge in [-0.15, -0.1) is 0 Å². The van der Waals surface area contributed by atoms with Crippen molar-refractivity contribution in [1.29, 1.82) is 0 Å². The number of ether oxygens (including phenoxy) is 1. The summed E-state index contributed by atoms with van der Waals surface area (Å²) >= 11 is 0. The zero-order valence-electron chi connectivity index (χ0n) is 13.4. The third-order valence-electron chi connectivity index (χ3n) is 7.28. The molecular formula is C21H23NO. The molecule has 1 N–H and O–H groups in total. The van der Waals surface area contributed by atoms with Crippen LogP contribution in [0, 0.1) is 23.7 Å². The summed E-state index contributed by atoms with van der Waals surface area (Å²) in [5.41, 5.74) is 4.18. The molecule has 1 aliphatic heterocycles. The van der Waals surface area contributed by atoms with E-state index in [4.69, 9.17) is 4.74 Å². The van der Waals surface area contributed by atoms with Crippen LogP contribution in [0.3, 0.4) is 0 Å². The molecule has 5 aliphatic rings. The molecule has 118 valence electrons. The van der Waals surface area contributed by atoms with E-state index in [1.54, 1.807) is 0 Å². The Labute approximate surface area is 137 Å². The number of hydrogen-bond acceptors (Lipinski definition) is 1. The lowest BCUT2D eigenvalue weighted by molar-refractivity contribution is -0.145. The Morgan fingerprint density at radius 2 is 1.70 bits per heavy atom. The Morgan fingerprint density at radius 1 is 0.913 bits per heavy atom.